The van der Waals surface area contributed by atoms with Crippen LogP contribution in [0.15, 0.2) is 54.6 Å². The van der Waals surface area contributed by atoms with E-state index < -0.39 is 10.8 Å². The molecule has 134 valence electrons. The van der Waals surface area contributed by atoms with E-state index in [0.29, 0.717) is 30.3 Å². The Morgan fingerprint density at radius 2 is 1.76 bits per heavy atom. The highest BCUT2D eigenvalue weighted by Crippen LogP contribution is 2.14. The standard InChI is InChI=1S/C19H24N2O3S/c1-24-11-10-20-13-19(22)21-18-9-5-8-17(12-18)15-25(23)14-16-6-3-2-4-7-16/h2-9,12,20H,10-11,13-15H2,1H3,(H,21,22). The van der Waals surface area contributed by atoms with Gasteiger partial charge in [-0.3, -0.25) is 9.00 Å². The number of rotatable bonds is 10. The second-order valence-corrected chi connectivity index (χ2v) is 7.09. The van der Waals surface area contributed by atoms with Crippen LogP contribution in [0.2, 0.25) is 0 Å². The van der Waals surface area contributed by atoms with Crippen molar-refractivity contribution < 1.29 is 13.7 Å². The van der Waals surface area contributed by atoms with E-state index in [4.69, 9.17) is 4.74 Å². The van der Waals surface area contributed by atoms with E-state index in [0.717, 1.165) is 11.1 Å². The second-order valence-electron chi connectivity index (χ2n) is 5.63. The Morgan fingerprint density at radius 1 is 1.04 bits per heavy atom. The molecule has 2 rings (SSSR count). The molecule has 1 amide bonds. The Hall–Kier alpha value is -2.02. The zero-order chi connectivity index (χ0) is 17.9. The molecule has 0 aliphatic carbocycles. The number of nitrogens with one attached hydrogen (secondary N) is 2. The predicted molar refractivity (Wildman–Crippen MR) is 102 cm³/mol. The fraction of sp³-hybridized carbons (Fsp3) is 0.316. The first-order valence-electron chi connectivity index (χ1n) is 8.14. The molecule has 0 saturated carbocycles. The lowest BCUT2D eigenvalue weighted by atomic mass is 10.2. The van der Waals surface area contributed by atoms with Crippen LogP contribution in [0.4, 0.5) is 5.69 Å². The fourth-order valence-electron chi connectivity index (χ4n) is 2.32. The van der Waals surface area contributed by atoms with Crippen molar-refractivity contribution in [3.05, 3.63) is 65.7 Å². The maximum Gasteiger partial charge on any atom is 0.238 e. The van der Waals surface area contributed by atoms with Crippen LogP contribution in [-0.4, -0.2) is 36.9 Å². The third kappa shape index (κ3) is 7.60. The van der Waals surface area contributed by atoms with Crippen molar-refractivity contribution >= 4 is 22.4 Å². The van der Waals surface area contributed by atoms with E-state index in [1.807, 2.05) is 54.6 Å². The number of carbonyl (C=O) groups is 1. The van der Waals surface area contributed by atoms with Crippen molar-refractivity contribution in [1.29, 1.82) is 0 Å². The van der Waals surface area contributed by atoms with Crippen molar-refractivity contribution in [3.63, 3.8) is 0 Å². The van der Waals surface area contributed by atoms with Crippen LogP contribution in [0.3, 0.4) is 0 Å². The molecule has 6 heteroatoms. The zero-order valence-corrected chi connectivity index (χ0v) is 15.2. The average Bonchev–Trinajstić information content (AvgIpc) is 2.60. The molecule has 0 saturated heterocycles. The number of hydrogen-bond donors (Lipinski definition) is 2. The second kappa shape index (κ2) is 10.8. The van der Waals surface area contributed by atoms with Crippen molar-refractivity contribution in [1.82, 2.24) is 5.32 Å². The lowest BCUT2D eigenvalue weighted by molar-refractivity contribution is -0.115. The molecule has 0 aliphatic heterocycles. The van der Waals surface area contributed by atoms with Crippen LogP contribution in [0.25, 0.3) is 0 Å². The normalized spacial score (nSPS) is 11.9. The molecule has 0 radical (unpaired) electrons. The molecule has 2 N–H and O–H groups in total. The minimum atomic E-state index is -0.989. The molecule has 0 bridgehead atoms. The summed E-state index contributed by atoms with van der Waals surface area (Å²) in [5.74, 6) is 0.879. The molecule has 5 nitrogen and oxygen atoms in total. The van der Waals surface area contributed by atoms with E-state index in [9.17, 15) is 9.00 Å². The lowest BCUT2D eigenvalue weighted by Crippen LogP contribution is -2.30. The molecular formula is C19H24N2O3S. The van der Waals surface area contributed by atoms with Crippen LogP contribution >= 0.6 is 0 Å². The number of methoxy groups -OCH3 is 1. The summed E-state index contributed by atoms with van der Waals surface area (Å²) in [6.45, 7) is 1.42. The van der Waals surface area contributed by atoms with Gasteiger partial charge in [-0.15, -0.1) is 0 Å². The van der Waals surface area contributed by atoms with Gasteiger partial charge in [0.25, 0.3) is 0 Å². The number of amides is 1. The number of hydrogen-bond acceptors (Lipinski definition) is 4. The Bertz CT molecular complexity index is 692. The van der Waals surface area contributed by atoms with Crippen molar-refractivity contribution in [3.8, 4) is 0 Å². The Balaban J connectivity index is 1.83. The van der Waals surface area contributed by atoms with Gasteiger partial charge in [-0.05, 0) is 23.3 Å². The van der Waals surface area contributed by atoms with Gasteiger partial charge in [-0.2, -0.15) is 0 Å². The first-order chi connectivity index (χ1) is 12.2. The number of benzene rings is 2. The summed E-state index contributed by atoms with van der Waals surface area (Å²) in [4.78, 5) is 11.9. The smallest absolute Gasteiger partial charge is 0.238 e. The molecule has 2 aromatic rings. The van der Waals surface area contributed by atoms with Gasteiger partial charge in [0, 0.05) is 41.6 Å². The van der Waals surface area contributed by atoms with Gasteiger partial charge >= 0.3 is 0 Å². The Morgan fingerprint density at radius 3 is 2.52 bits per heavy atom. The van der Waals surface area contributed by atoms with Crippen LogP contribution in [0.1, 0.15) is 11.1 Å². The van der Waals surface area contributed by atoms with Crippen molar-refractivity contribution in [2.45, 2.75) is 11.5 Å². The number of ether oxygens (including phenoxy) is 1. The highest BCUT2D eigenvalue weighted by molar-refractivity contribution is 7.83. The Labute approximate surface area is 151 Å². The van der Waals surface area contributed by atoms with E-state index in [1.165, 1.54) is 0 Å². The van der Waals surface area contributed by atoms with Gasteiger partial charge in [-0.25, -0.2) is 0 Å². The van der Waals surface area contributed by atoms with Crippen LogP contribution < -0.4 is 10.6 Å². The molecule has 1 unspecified atom stereocenters. The van der Waals surface area contributed by atoms with E-state index in [-0.39, 0.29) is 12.5 Å². The SMILES string of the molecule is COCCNCC(=O)Nc1cccc(CS(=O)Cc2ccccc2)c1. The van der Waals surface area contributed by atoms with Gasteiger partial charge in [0.1, 0.15) is 0 Å². The van der Waals surface area contributed by atoms with E-state index in [1.54, 1.807) is 7.11 Å². The highest BCUT2D eigenvalue weighted by Gasteiger charge is 2.06. The van der Waals surface area contributed by atoms with E-state index >= 15 is 0 Å². The monoisotopic (exact) mass is 360 g/mol. The molecule has 0 aliphatic rings. The molecule has 0 spiro atoms. The highest BCUT2D eigenvalue weighted by atomic mass is 32.2. The maximum atomic E-state index is 12.3. The zero-order valence-electron chi connectivity index (χ0n) is 14.4. The minimum Gasteiger partial charge on any atom is -0.383 e. The molecule has 0 heterocycles. The largest absolute Gasteiger partial charge is 0.383 e. The molecular weight excluding hydrogens is 336 g/mol. The summed E-state index contributed by atoms with van der Waals surface area (Å²) >= 11 is 0. The Kier molecular flexibility index (Phi) is 8.31. The van der Waals surface area contributed by atoms with E-state index in [2.05, 4.69) is 10.6 Å². The number of carbonyl (C=O) groups excluding carboxylic acids is 1. The topological polar surface area (TPSA) is 67.4 Å². The predicted octanol–water partition coefficient (Wildman–Crippen LogP) is 2.31. The third-order valence-corrected chi connectivity index (χ3v) is 4.79. The first kappa shape index (κ1) is 19.3. The fourth-order valence-corrected chi connectivity index (χ4v) is 3.53. The van der Waals surface area contributed by atoms with Crippen LogP contribution in [0, 0.1) is 0 Å². The molecule has 1 atom stereocenters. The number of anilines is 1. The molecule has 0 aromatic heterocycles. The summed E-state index contributed by atoms with van der Waals surface area (Å²) < 4.78 is 17.2. The first-order valence-corrected chi connectivity index (χ1v) is 9.63. The van der Waals surface area contributed by atoms with Crippen molar-refractivity contribution in [2.75, 3.05) is 32.1 Å². The van der Waals surface area contributed by atoms with Crippen molar-refractivity contribution in [2.24, 2.45) is 0 Å². The lowest BCUT2D eigenvalue weighted by Gasteiger charge is -2.08. The quantitative estimate of drug-likeness (QED) is 0.638. The van der Waals surface area contributed by atoms with Crippen LogP contribution in [-0.2, 0) is 31.8 Å². The molecule has 2 aromatic carbocycles. The summed E-state index contributed by atoms with van der Waals surface area (Å²) in [5, 5.41) is 5.84. The summed E-state index contributed by atoms with van der Waals surface area (Å²) in [7, 11) is 0.631. The minimum absolute atomic E-state index is 0.112. The van der Waals surface area contributed by atoms with Gasteiger partial charge in [0.2, 0.25) is 5.91 Å². The third-order valence-electron chi connectivity index (χ3n) is 3.48. The van der Waals surface area contributed by atoms with Crippen LogP contribution in [0.5, 0.6) is 0 Å². The molecule has 0 fully saturated rings. The summed E-state index contributed by atoms with van der Waals surface area (Å²) in [6.07, 6.45) is 0. The van der Waals surface area contributed by atoms with Gasteiger partial charge < -0.3 is 15.4 Å². The van der Waals surface area contributed by atoms with Gasteiger partial charge in [-0.1, -0.05) is 42.5 Å². The maximum absolute atomic E-state index is 12.3. The summed E-state index contributed by atoms with van der Waals surface area (Å²) in [6, 6.07) is 17.3. The van der Waals surface area contributed by atoms with Gasteiger partial charge in [0.05, 0.1) is 13.2 Å². The average molecular weight is 360 g/mol. The summed E-state index contributed by atoms with van der Waals surface area (Å²) in [5.41, 5.74) is 2.72. The van der Waals surface area contributed by atoms with Gasteiger partial charge in [0.15, 0.2) is 0 Å². The molecule has 25 heavy (non-hydrogen) atoms.